The van der Waals surface area contributed by atoms with Crippen LogP contribution in [-0.2, 0) is 22.4 Å². The van der Waals surface area contributed by atoms with Gasteiger partial charge in [0.05, 0.1) is 14.2 Å². The number of nitrogens with zero attached hydrogens (tertiary/aromatic N) is 1. The molecule has 7 heteroatoms. The molecule has 2 N–H and O–H groups in total. The van der Waals surface area contributed by atoms with Crippen molar-refractivity contribution in [3.05, 3.63) is 59.7 Å². The molecule has 2 amide bonds. The zero-order valence-corrected chi connectivity index (χ0v) is 17.0. The molecule has 2 rings (SSSR count). The van der Waals surface area contributed by atoms with Gasteiger partial charge in [-0.15, -0.1) is 0 Å². The van der Waals surface area contributed by atoms with Crippen molar-refractivity contribution in [3.63, 3.8) is 0 Å². The number of carbonyl (C=O) groups is 2. The van der Waals surface area contributed by atoms with E-state index in [4.69, 9.17) is 9.47 Å². The van der Waals surface area contributed by atoms with Crippen LogP contribution in [-0.4, -0.2) is 38.3 Å². The molecule has 7 nitrogen and oxygen atoms in total. The summed E-state index contributed by atoms with van der Waals surface area (Å²) in [6.07, 6.45) is 2.08. The lowest BCUT2D eigenvalue weighted by Crippen LogP contribution is -2.39. The van der Waals surface area contributed by atoms with E-state index >= 15 is 0 Å². The Morgan fingerprint density at radius 2 is 1.62 bits per heavy atom. The molecule has 0 heterocycles. The van der Waals surface area contributed by atoms with Gasteiger partial charge in [-0.3, -0.25) is 9.59 Å². The van der Waals surface area contributed by atoms with E-state index in [9.17, 15) is 9.59 Å². The fourth-order valence-electron chi connectivity index (χ4n) is 2.66. The van der Waals surface area contributed by atoms with Crippen molar-refractivity contribution >= 4 is 17.5 Å². The van der Waals surface area contributed by atoms with Crippen LogP contribution in [0.5, 0.6) is 11.5 Å². The van der Waals surface area contributed by atoms with Crippen LogP contribution < -0.4 is 20.2 Å². The van der Waals surface area contributed by atoms with Crippen LogP contribution >= 0.6 is 0 Å². The highest BCUT2D eigenvalue weighted by Crippen LogP contribution is 2.27. The molecule has 154 valence electrons. The molecule has 0 spiro atoms. The first-order valence-electron chi connectivity index (χ1n) is 9.39. The number of carbonyl (C=O) groups excluding carboxylic acids is 2. The molecule has 2 aromatic carbocycles. The topological polar surface area (TPSA) is 89.0 Å². The van der Waals surface area contributed by atoms with Gasteiger partial charge in [-0.2, -0.15) is 5.10 Å². The van der Waals surface area contributed by atoms with E-state index in [1.54, 1.807) is 20.3 Å². The molecule has 0 aliphatic carbocycles. The maximum atomic E-state index is 11.9. The Labute approximate surface area is 171 Å². The summed E-state index contributed by atoms with van der Waals surface area (Å²) in [5, 5.41) is 6.58. The van der Waals surface area contributed by atoms with Crippen LogP contribution in [0.4, 0.5) is 0 Å². The van der Waals surface area contributed by atoms with Crippen molar-refractivity contribution in [2.24, 2.45) is 5.10 Å². The average Bonchev–Trinajstić information content (AvgIpc) is 2.76. The van der Waals surface area contributed by atoms with E-state index in [-0.39, 0.29) is 0 Å². The number of hydrazone groups is 1. The molecule has 0 bridgehead atoms. The standard InChI is InChI=1S/C22H27N3O4/c1-16(9-10-17-7-5-4-6-8-17)24-25-22(27)21(26)23-14-13-18-11-12-19(28-2)20(15-18)29-3/h4-8,11-12,15H,9-10,13-14H2,1-3H3,(H,23,26)(H,25,27)/b24-16+. The molecule has 0 aliphatic heterocycles. The van der Waals surface area contributed by atoms with Gasteiger partial charge >= 0.3 is 11.8 Å². The first-order valence-corrected chi connectivity index (χ1v) is 9.39. The summed E-state index contributed by atoms with van der Waals surface area (Å²) in [4.78, 5) is 23.8. The molecule has 0 aliphatic rings. The van der Waals surface area contributed by atoms with Crippen LogP contribution in [0.2, 0.25) is 0 Å². The van der Waals surface area contributed by atoms with Gasteiger partial charge in [0.1, 0.15) is 0 Å². The normalized spacial score (nSPS) is 10.9. The molecule has 2 aromatic rings. The molecule has 0 atom stereocenters. The van der Waals surface area contributed by atoms with Crippen molar-refractivity contribution in [1.82, 2.24) is 10.7 Å². The van der Waals surface area contributed by atoms with Gasteiger partial charge in [0, 0.05) is 12.3 Å². The number of hydrogen-bond acceptors (Lipinski definition) is 5. The van der Waals surface area contributed by atoms with E-state index in [1.165, 1.54) is 5.56 Å². The van der Waals surface area contributed by atoms with Crippen molar-refractivity contribution in [2.75, 3.05) is 20.8 Å². The van der Waals surface area contributed by atoms with E-state index in [0.29, 0.717) is 30.9 Å². The maximum absolute atomic E-state index is 11.9. The number of aryl methyl sites for hydroxylation is 1. The Kier molecular flexibility index (Phi) is 8.69. The second kappa shape index (κ2) is 11.5. The number of amides is 2. The lowest BCUT2D eigenvalue weighted by Gasteiger charge is -2.10. The highest BCUT2D eigenvalue weighted by molar-refractivity contribution is 6.35. The van der Waals surface area contributed by atoms with Crippen molar-refractivity contribution in [1.29, 1.82) is 0 Å². The third-order valence-electron chi connectivity index (χ3n) is 4.32. The lowest BCUT2D eigenvalue weighted by atomic mass is 10.1. The molecule has 29 heavy (non-hydrogen) atoms. The number of hydrogen-bond donors (Lipinski definition) is 2. The smallest absolute Gasteiger partial charge is 0.329 e. The first kappa shape index (κ1) is 21.9. The van der Waals surface area contributed by atoms with Gasteiger partial charge in [0.2, 0.25) is 0 Å². The molecule has 0 saturated heterocycles. The third-order valence-corrected chi connectivity index (χ3v) is 4.32. The summed E-state index contributed by atoms with van der Waals surface area (Å²) >= 11 is 0. The Balaban J connectivity index is 1.73. The Hall–Kier alpha value is -3.35. The van der Waals surface area contributed by atoms with Crippen molar-refractivity contribution in [3.8, 4) is 11.5 Å². The predicted octanol–water partition coefficient (Wildman–Crippen LogP) is 2.49. The molecule has 0 radical (unpaired) electrons. The van der Waals surface area contributed by atoms with Gasteiger partial charge in [0.15, 0.2) is 11.5 Å². The summed E-state index contributed by atoms with van der Waals surface area (Å²) in [6.45, 7) is 2.14. The van der Waals surface area contributed by atoms with Gasteiger partial charge < -0.3 is 14.8 Å². The minimum Gasteiger partial charge on any atom is -0.493 e. The van der Waals surface area contributed by atoms with Crippen molar-refractivity contribution < 1.29 is 19.1 Å². The zero-order valence-electron chi connectivity index (χ0n) is 17.0. The van der Waals surface area contributed by atoms with Crippen LogP contribution in [0.25, 0.3) is 0 Å². The maximum Gasteiger partial charge on any atom is 0.329 e. The second-order valence-electron chi connectivity index (χ2n) is 6.47. The number of rotatable bonds is 9. The molecule has 0 fully saturated rings. The van der Waals surface area contributed by atoms with E-state index in [1.807, 2.05) is 49.4 Å². The van der Waals surface area contributed by atoms with Crippen molar-refractivity contribution in [2.45, 2.75) is 26.2 Å². The number of ether oxygens (including phenoxy) is 2. The van der Waals surface area contributed by atoms with E-state index < -0.39 is 11.8 Å². The van der Waals surface area contributed by atoms with E-state index in [2.05, 4.69) is 15.8 Å². The lowest BCUT2D eigenvalue weighted by molar-refractivity contribution is -0.139. The summed E-state index contributed by atoms with van der Waals surface area (Å²) in [5.41, 5.74) is 5.20. The summed E-state index contributed by atoms with van der Waals surface area (Å²) in [6, 6.07) is 15.5. The van der Waals surface area contributed by atoms with Crippen LogP contribution in [0, 0.1) is 0 Å². The Morgan fingerprint density at radius 3 is 2.31 bits per heavy atom. The second-order valence-corrected chi connectivity index (χ2v) is 6.47. The number of nitrogens with one attached hydrogen (secondary N) is 2. The van der Waals surface area contributed by atoms with Crippen LogP contribution in [0.1, 0.15) is 24.5 Å². The summed E-state index contributed by atoms with van der Waals surface area (Å²) in [7, 11) is 3.14. The summed E-state index contributed by atoms with van der Waals surface area (Å²) in [5.74, 6) is -0.240. The highest BCUT2D eigenvalue weighted by atomic mass is 16.5. The van der Waals surface area contributed by atoms with E-state index in [0.717, 1.165) is 17.7 Å². The third kappa shape index (κ3) is 7.29. The van der Waals surface area contributed by atoms with Crippen LogP contribution in [0.15, 0.2) is 53.6 Å². The predicted molar refractivity (Wildman–Crippen MR) is 112 cm³/mol. The monoisotopic (exact) mass is 397 g/mol. The molecule has 0 saturated carbocycles. The quantitative estimate of drug-likeness (QED) is 0.387. The average molecular weight is 397 g/mol. The Bertz CT molecular complexity index is 850. The van der Waals surface area contributed by atoms with Crippen LogP contribution in [0.3, 0.4) is 0 Å². The number of methoxy groups -OCH3 is 2. The fraction of sp³-hybridized carbons (Fsp3) is 0.318. The largest absolute Gasteiger partial charge is 0.493 e. The molecular formula is C22H27N3O4. The fourth-order valence-corrected chi connectivity index (χ4v) is 2.66. The van der Waals surface area contributed by atoms with Gasteiger partial charge in [-0.05, 0) is 49.4 Å². The minimum absolute atomic E-state index is 0.318. The number of benzene rings is 2. The van der Waals surface area contributed by atoms with Gasteiger partial charge in [-0.1, -0.05) is 36.4 Å². The SMILES string of the molecule is COc1ccc(CCNC(=O)C(=O)N/N=C(\C)CCc2ccccc2)cc1OC. The highest BCUT2D eigenvalue weighted by Gasteiger charge is 2.12. The van der Waals surface area contributed by atoms with Gasteiger partial charge in [-0.25, -0.2) is 5.43 Å². The molecule has 0 aromatic heterocycles. The molecular weight excluding hydrogens is 370 g/mol. The summed E-state index contributed by atoms with van der Waals surface area (Å²) < 4.78 is 10.4. The molecule has 0 unspecified atom stereocenters. The van der Waals surface area contributed by atoms with Gasteiger partial charge in [0.25, 0.3) is 0 Å². The zero-order chi connectivity index (χ0) is 21.1. The first-order chi connectivity index (χ1) is 14.0. The Morgan fingerprint density at radius 1 is 0.897 bits per heavy atom. The minimum atomic E-state index is -0.781.